The molecule has 1 aromatic rings. The lowest BCUT2D eigenvalue weighted by molar-refractivity contribution is 0.385. The summed E-state index contributed by atoms with van der Waals surface area (Å²) in [7, 11) is -3.14. The molecule has 0 spiro atoms. The molecule has 1 aliphatic rings. The summed E-state index contributed by atoms with van der Waals surface area (Å²) < 4.78 is 25.6. The number of nitrogens with zero attached hydrogens (tertiary/aromatic N) is 4. The highest BCUT2D eigenvalue weighted by Crippen LogP contribution is 2.16. The Morgan fingerprint density at radius 3 is 2.58 bits per heavy atom. The van der Waals surface area contributed by atoms with E-state index < -0.39 is 10.0 Å². The average Bonchev–Trinajstić information content (AvgIpc) is 2.46. The van der Waals surface area contributed by atoms with Gasteiger partial charge in [-0.2, -0.15) is 14.5 Å². The van der Waals surface area contributed by atoms with Crippen molar-refractivity contribution in [1.82, 2.24) is 14.5 Å². The molecule has 2 heterocycles. The van der Waals surface area contributed by atoms with Gasteiger partial charge in [0.1, 0.15) is 0 Å². The summed E-state index contributed by atoms with van der Waals surface area (Å²) in [5.74, 6) is 0.146. The molecule has 6 nitrogen and oxygen atoms in total. The van der Waals surface area contributed by atoms with Crippen LogP contribution in [0.2, 0.25) is 0 Å². The summed E-state index contributed by atoms with van der Waals surface area (Å²) in [6.45, 7) is 5.95. The number of anilines is 1. The normalized spacial score (nSPS) is 17.4. The van der Waals surface area contributed by atoms with Crippen LogP contribution in [0, 0.1) is 0 Å². The molecule has 0 atom stereocenters. The van der Waals surface area contributed by atoms with Crippen molar-refractivity contribution >= 4 is 15.7 Å². The zero-order valence-corrected chi connectivity index (χ0v) is 11.6. The Labute approximate surface area is 113 Å². The highest BCUT2D eigenvalue weighted by Gasteiger charge is 2.26. The number of allylic oxidation sites excluding steroid dienone is 1. The fourth-order valence-electron chi connectivity index (χ4n) is 2.06. The molecule has 0 saturated carbocycles. The zero-order chi connectivity index (χ0) is 13.7. The van der Waals surface area contributed by atoms with E-state index in [9.17, 15) is 8.42 Å². The minimum Gasteiger partial charge on any atom is -0.368 e. The van der Waals surface area contributed by atoms with E-state index in [2.05, 4.69) is 21.7 Å². The van der Waals surface area contributed by atoms with Gasteiger partial charge in [0.05, 0.1) is 23.8 Å². The molecule has 1 aromatic heterocycles. The molecule has 0 N–H and O–H groups in total. The molecule has 0 radical (unpaired) electrons. The van der Waals surface area contributed by atoms with Crippen LogP contribution in [0.4, 0.5) is 5.69 Å². The Balaban J connectivity index is 1.94. The van der Waals surface area contributed by atoms with Gasteiger partial charge in [0.2, 0.25) is 10.0 Å². The smallest absolute Gasteiger partial charge is 0.214 e. The number of hydrogen-bond donors (Lipinski definition) is 0. The number of rotatable bonds is 5. The van der Waals surface area contributed by atoms with Crippen LogP contribution in [-0.2, 0) is 10.0 Å². The van der Waals surface area contributed by atoms with Crippen LogP contribution in [-0.4, -0.2) is 54.9 Å². The van der Waals surface area contributed by atoms with Crippen LogP contribution in [0.5, 0.6) is 0 Å². The van der Waals surface area contributed by atoms with E-state index in [4.69, 9.17) is 0 Å². The number of piperazine rings is 1. The van der Waals surface area contributed by atoms with Crippen molar-refractivity contribution < 1.29 is 8.42 Å². The van der Waals surface area contributed by atoms with Crippen molar-refractivity contribution in [1.29, 1.82) is 0 Å². The molecule has 104 valence electrons. The van der Waals surface area contributed by atoms with Gasteiger partial charge in [0, 0.05) is 26.2 Å². The molecule has 1 fully saturated rings. The Hall–Kier alpha value is -1.47. The van der Waals surface area contributed by atoms with E-state index >= 15 is 0 Å². The molecule has 0 aromatic carbocycles. The van der Waals surface area contributed by atoms with Crippen LogP contribution >= 0.6 is 0 Å². The van der Waals surface area contributed by atoms with E-state index in [1.54, 1.807) is 22.8 Å². The number of aromatic nitrogens is 2. The van der Waals surface area contributed by atoms with Crippen molar-refractivity contribution in [3.05, 3.63) is 31.1 Å². The standard InChI is InChI=1S/C12H18N4O2S/c1-2-3-10-19(17,18)16-8-6-15(7-9-16)12-4-5-13-14-11-12/h2,4-5,11H,1,3,6-10H2. The van der Waals surface area contributed by atoms with Crippen LogP contribution < -0.4 is 4.90 Å². The van der Waals surface area contributed by atoms with Crippen molar-refractivity contribution in [2.75, 3.05) is 36.8 Å². The second-order valence-corrected chi connectivity index (χ2v) is 6.47. The van der Waals surface area contributed by atoms with Crippen LogP contribution in [0.1, 0.15) is 6.42 Å². The lowest BCUT2D eigenvalue weighted by Crippen LogP contribution is -2.49. The first-order valence-electron chi connectivity index (χ1n) is 6.24. The minimum atomic E-state index is -3.14. The van der Waals surface area contributed by atoms with Crippen molar-refractivity contribution in [3.8, 4) is 0 Å². The first-order valence-corrected chi connectivity index (χ1v) is 7.85. The second kappa shape index (κ2) is 6.12. The molecule has 0 bridgehead atoms. The molecule has 0 amide bonds. The Morgan fingerprint density at radius 2 is 2.00 bits per heavy atom. The minimum absolute atomic E-state index is 0.146. The molecule has 1 saturated heterocycles. The lowest BCUT2D eigenvalue weighted by atomic mass is 10.3. The van der Waals surface area contributed by atoms with Gasteiger partial charge in [0.15, 0.2) is 0 Å². The fourth-order valence-corrected chi connectivity index (χ4v) is 3.50. The quantitative estimate of drug-likeness (QED) is 0.736. The maximum Gasteiger partial charge on any atom is 0.214 e. The molecule has 7 heteroatoms. The highest BCUT2D eigenvalue weighted by molar-refractivity contribution is 7.89. The summed E-state index contributed by atoms with van der Waals surface area (Å²) in [4.78, 5) is 2.12. The SMILES string of the molecule is C=CCCS(=O)(=O)N1CCN(c2ccnnc2)CC1. The van der Waals surface area contributed by atoms with E-state index in [1.807, 2.05) is 6.07 Å². The largest absolute Gasteiger partial charge is 0.368 e. The third kappa shape index (κ3) is 3.51. The number of hydrogen-bond acceptors (Lipinski definition) is 5. The van der Waals surface area contributed by atoms with Gasteiger partial charge in [-0.1, -0.05) is 6.08 Å². The topological polar surface area (TPSA) is 66.4 Å². The average molecular weight is 282 g/mol. The van der Waals surface area contributed by atoms with E-state index in [0.717, 1.165) is 5.69 Å². The summed E-state index contributed by atoms with van der Waals surface area (Å²) in [6.07, 6.45) is 5.47. The van der Waals surface area contributed by atoms with E-state index in [1.165, 1.54) is 0 Å². The lowest BCUT2D eigenvalue weighted by Gasteiger charge is -2.35. The second-order valence-electron chi connectivity index (χ2n) is 4.38. The van der Waals surface area contributed by atoms with Crippen LogP contribution in [0.25, 0.3) is 0 Å². The van der Waals surface area contributed by atoms with Crippen molar-refractivity contribution in [2.45, 2.75) is 6.42 Å². The molecule has 19 heavy (non-hydrogen) atoms. The third-order valence-corrected chi connectivity index (χ3v) is 5.05. The molecule has 0 unspecified atom stereocenters. The molecule has 1 aliphatic heterocycles. The van der Waals surface area contributed by atoms with Gasteiger partial charge in [-0.3, -0.25) is 0 Å². The predicted octanol–water partition coefficient (Wildman–Crippen LogP) is 0.504. The van der Waals surface area contributed by atoms with Crippen LogP contribution in [0.3, 0.4) is 0 Å². The van der Waals surface area contributed by atoms with Gasteiger partial charge in [0.25, 0.3) is 0 Å². The van der Waals surface area contributed by atoms with Crippen LogP contribution in [0.15, 0.2) is 31.1 Å². The van der Waals surface area contributed by atoms with Gasteiger partial charge in [-0.05, 0) is 12.5 Å². The highest BCUT2D eigenvalue weighted by atomic mass is 32.2. The molecular formula is C12H18N4O2S. The Kier molecular flexibility index (Phi) is 4.49. The maximum atomic E-state index is 12.0. The summed E-state index contributed by atoms with van der Waals surface area (Å²) in [6, 6.07) is 1.88. The zero-order valence-electron chi connectivity index (χ0n) is 10.8. The predicted molar refractivity (Wildman–Crippen MR) is 74.4 cm³/mol. The van der Waals surface area contributed by atoms with E-state index in [-0.39, 0.29) is 5.75 Å². The van der Waals surface area contributed by atoms with Crippen molar-refractivity contribution in [3.63, 3.8) is 0 Å². The van der Waals surface area contributed by atoms with Gasteiger partial charge in [-0.25, -0.2) is 8.42 Å². The Morgan fingerprint density at radius 1 is 1.26 bits per heavy atom. The van der Waals surface area contributed by atoms with E-state index in [0.29, 0.717) is 32.6 Å². The first kappa shape index (κ1) is 14.0. The first-order chi connectivity index (χ1) is 9.13. The van der Waals surface area contributed by atoms with Crippen molar-refractivity contribution in [2.24, 2.45) is 0 Å². The maximum absolute atomic E-state index is 12.0. The van der Waals surface area contributed by atoms with Gasteiger partial charge in [-0.15, -0.1) is 6.58 Å². The third-order valence-electron chi connectivity index (χ3n) is 3.15. The molecule has 2 rings (SSSR count). The Bertz CT molecular complexity index is 510. The monoisotopic (exact) mass is 282 g/mol. The van der Waals surface area contributed by atoms with Gasteiger partial charge < -0.3 is 4.90 Å². The summed E-state index contributed by atoms with van der Waals surface area (Å²) >= 11 is 0. The number of sulfonamides is 1. The fraction of sp³-hybridized carbons (Fsp3) is 0.500. The summed E-state index contributed by atoms with van der Waals surface area (Å²) in [5, 5.41) is 7.57. The van der Waals surface area contributed by atoms with Gasteiger partial charge >= 0.3 is 0 Å². The molecule has 0 aliphatic carbocycles. The summed E-state index contributed by atoms with van der Waals surface area (Å²) in [5.41, 5.74) is 0.984. The molecular weight excluding hydrogens is 264 g/mol.